The summed E-state index contributed by atoms with van der Waals surface area (Å²) in [6.45, 7) is 4.87. The highest BCUT2D eigenvalue weighted by atomic mass is 16.8. The molecule has 0 heterocycles. The summed E-state index contributed by atoms with van der Waals surface area (Å²) >= 11 is 0. The van der Waals surface area contributed by atoms with Crippen LogP contribution in [0, 0.1) is 13.8 Å². The number of esters is 1. The molecular formula is C39H35NO6. The van der Waals surface area contributed by atoms with E-state index in [-0.39, 0.29) is 5.75 Å². The number of methoxy groups -OCH3 is 1. The minimum atomic E-state index is -0.979. The summed E-state index contributed by atoms with van der Waals surface area (Å²) in [6, 6.07) is 40.3. The Bertz CT molecular complexity index is 1780. The first kappa shape index (κ1) is 31.6. The van der Waals surface area contributed by atoms with Crippen molar-refractivity contribution < 1.29 is 28.5 Å². The van der Waals surface area contributed by atoms with E-state index in [1.54, 1.807) is 25.3 Å². The van der Waals surface area contributed by atoms with Crippen LogP contribution in [0.1, 0.15) is 34.7 Å². The van der Waals surface area contributed by atoms with E-state index in [4.69, 9.17) is 14.2 Å². The number of aryl methyl sites for hydroxylation is 2. The minimum absolute atomic E-state index is 0.279. The Morgan fingerprint density at radius 2 is 1.15 bits per heavy atom. The molecular weight excluding hydrogens is 578 g/mol. The molecule has 0 spiro atoms. The molecule has 0 unspecified atom stereocenters. The van der Waals surface area contributed by atoms with E-state index >= 15 is 0 Å². The molecule has 5 aromatic carbocycles. The van der Waals surface area contributed by atoms with Crippen LogP contribution < -0.4 is 14.4 Å². The second kappa shape index (κ2) is 14.8. The van der Waals surface area contributed by atoms with Crippen molar-refractivity contribution in [3.63, 3.8) is 0 Å². The van der Waals surface area contributed by atoms with Crippen molar-refractivity contribution in [2.45, 2.75) is 20.8 Å². The second-order valence-corrected chi connectivity index (χ2v) is 10.7. The van der Waals surface area contributed by atoms with Gasteiger partial charge in [-0.15, -0.1) is 0 Å². The topological polar surface area (TPSA) is 74.3 Å². The fourth-order valence-electron chi connectivity index (χ4n) is 4.86. The second-order valence-electron chi connectivity index (χ2n) is 10.7. The molecule has 0 bridgehead atoms. The number of carbonyl (C=O) groups excluding carboxylic acids is 2. The maximum atomic E-state index is 12.2. The van der Waals surface area contributed by atoms with Gasteiger partial charge in [-0.3, -0.25) is 4.79 Å². The molecule has 0 saturated carbocycles. The fraction of sp³-hybridized carbons (Fsp3) is 0.128. The van der Waals surface area contributed by atoms with Crippen molar-refractivity contribution in [1.29, 1.82) is 0 Å². The third kappa shape index (κ3) is 8.21. The van der Waals surface area contributed by atoms with Gasteiger partial charge in [0.15, 0.2) is 0 Å². The van der Waals surface area contributed by atoms with E-state index in [0.717, 1.165) is 39.3 Å². The molecule has 0 amide bonds. The number of ether oxygens (including phenoxy) is 4. The first-order valence-electron chi connectivity index (χ1n) is 14.8. The highest BCUT2D eigenvalue weighted by Gasteiger charge is 2.14. The lowest BCUT2D eigenvalue weighted by Crippen LogP contribution is -2.14. The zero-order chi connectivity index (χ0) is 32.5. The van der Waals surface area contributed by atoms with Gasteiger partial charge in [-0.25, -0.2) is 4.79 Å². The third-order valence-corrected chi connectivity index (χ3v) is 7.21. The molecule has 46 heavy (non-hydrogen) atoms. The summed E-state index contributed by atoms with van der Waals surface area (Å²) in [6.07, 6.45) is 1.10. The van der Waals surface area contributed by atoms with Crippen LogP contribution >= 0.6 is 0 Å². The number of rotatable bonds is 10. The van der Waals surface area contributed by atoms with Crippen LogP contribution in [0.4, 0.5) is 21.9 Å². The Kier molecular flexibility index (Phi) is 10.1. The van der Waals surface area contributed by atoms with Gasteiger partial charge in [-0.05, 0) is 103 Å². The molecule has 7 heteroatoms. The molecule has 0 aliphatic rings. The van der Waals surface area contributed by atoms with Crippen LogP contribution in [0.3, 0.4) is 0 Å². The Hall–Kier alpha value is -5.82. The average molecular weight is 614 g/mol. The van der Waals surface area contributed by atoms with Crippen molar-refractivity contribution in [1.82, 2.24) is 0 Å². The molecule has 0 aliphatic heterocycles. The molecule has 0 aromatic heterocycles. The third-order valence-electron chi connectivity index (χ3n) is 7.21. The quantitative estimate of drug-likeness (QED) is 0.0672. The SMILES string of the molecule is COc1cccc(C(=Cc2ccc(N(c3ccc(C)cc3)c3ccc(C)cc3)cc2)c2cccc(OC(=O)OCOC(C)=O)c2)c1. The molecule has 0 fully saturated rings. The zero-order valence-electron chi connectivity index (χ0n) is 26.2. The number of carbonyl (C=O) groups is 2. The van der Waals surface area contributed by atoms with Gasteiger partial charge in [0.2, 0.25) is 6.79 Å². The molecule has 5 aromatic rings. The maximum Gasteiger partial charge on any atom is 0.516 e. The molecule has 0 atom stereocenters. The van der Waals surface area contributed by atoms with E-state index < -0.39 is 18.9 Å². The van der Waals surface area contributed by atoms with Crippen molar-refractivity contribution >= 4 is 40.8 Å². The standard InChI is InChI=1S/C39H35NO6/c1-27-11-17-33(18-12-27)40(34-19-13-28(2)14-20-34)35-21-15-30(16-22-35)23-38(31-7-5-9-36(24-31)43-4)32-8-6-10-37(25-32)46-39(42)45-26-44-29(3)41/h5-25H,26H2,1-4H3. The van der Waals surface area contributed by atoms with E-state index in [1.807, 2.05) is 30.3 Å². The molecule has 5 rings (SSSR count). The monoisotopic (exact) mass is 613 g/mol. The number of nitrogens with zero attached hydrogens (tertiary/aromatic N) is 1. The van der Waals surface area contributed by atoms with E-state index in [2.05, 4.69) is 102 Å². The zero-order valence-corrected chi connectivity index (χ0v) is 26.2. The summed E-state index contributed by atoms with van der Waals surface area (Å²) in [7, 11) is 1.63. The number of hydrogen-bond acceptors (Lipinski definition) is 7. The lowest BCUT2D eigenvalue weighted by molar-refractivity contribution is -0.149. The molecule has 0 saturated heterocycles. The summed E-state index contributed by atoms with van der Waals surface area (Å²) in [4.78, 5) is 25.4. The number of hydrogen-bond donors (Lipinski definition) is 0. The van der Waals surface area contributed by atoms with E-state index in [0.29, 0.717) is 5.75 Å². The van der Waals surface area contributed by atoms with E-state index in [9.17, 15) is 9.59 Å². The average Bonchev–Trinajstić information content (AvgIpc) is 3.06. The van der Waals surface area contributed by atoms with Gasteiger partial charge < -0.3 is 23.8 Å². The highest BCUT2D eigenvalue weighted by molar-refractivity contribution is 5.92. The number of benzene rings is 5. The van der Waals surface area contributed by atoms with Gasteiger partial charge in [0.1, 0.15) is 11.5 Å². The van der Waals surface area contributed by atoms with Gasteiger partial charge in [-0.2, -0.15) is 0 Å². The predicted molar refractivity (Wildman–Crippen MR) is 181 cm³/mol. The van der Waals surface area contributed by atoms with Gasteiger partial charge >= 0.3 is 12.1 Å². The maximum absolute atomic E-state index is 12.2. The first-order chi connectivity index (χ1) is 22.3. The molecule has 7 nitrogen and oxygen atoms in total. The van der Waals surface area contributed by atoms with Crippen LogP contribution in [0.15, 0.2) is 121 Å². The smallest absolute Gasteiger partial charge is 0.497 e. The predicted octanol–water partition coefficient (Wildman–Crippen LogP) is 9.41. The number of anilines is 3. The normalized spacial score (nSPS) is 11.0. The van der Waals surface area contributed by atoms with Crippen molar-refractivity contribution in [3.8, 4) is 11.5 Å². The van der Waals surface area contributed by atoms with Crippen LogP contribution in [0.2, 0.25) is 0 Å². The summed E-state index contributed by atoms with van der Waals surface area (Å²) < 4.78 is 20.3. The van der Waals surface area contributed by atoms with Gasteiger partial charge in [0.05, 0.1) is 7.11 Å². The lowest BCUT2D eigenvalue weighted by atomic mass is 9.95. The Labute approximate surface area is 269 Å². The Balaban J connectivity index is 1.50. The Morgan fingerprint density at radius 1 is 0.652 bits per heavy atom. The molecule has 232 valence electrons. The van der Waals surface area contributed by atoms with Crippen molar-refractivity contribution in [3.05, 3.63) is 149 Å². The lowest BCUT2D eigenvalue weighted by Gasteiger charge is -2.26. The van der Waals surface area contributed by atoms with Crippen LogP contribution in [-0.4, -0.2) is 26.0 Å². The minimum Gasteiger partial charge on any atom is -0.497 e. The van der Waals surface area contributed by atoms with Gasteiger partial charge in [-0.1, -0.05) is 71.8 Å². The molecule has 0 N–H and O–H groups in total. The van der Waals surface area contributed by atoms with E-state index in [1.165, 1.54) is 18.1 Å². The summed E-state index contributed by atoms with van der Waals surface area (Å²) in [5, 5.41) is 0. The van der Waals surface area contributed by atoms with Crippen LogP contribution in [0.25, 0.3) is 11.6 Å². The summed E-state index contributed by atoms with van der Waals surface area (Å²) in [5.41, 5.74) is 9.15. The highest BCUT2D eigenvalue weighted by Crippen LogP contribution is 2.36. The first-order valence-corrected chi connectivity index (χ1v) is 14.8. The summed E-state index contributed by atoms with van der Waals surface area (Å²) in [5.74, 6) is 0.433. The van der Waals surface area contributed by atoms with Gasteiger partial charge in [0.25, 0.3) is 0 Å². The van der Waals surface area contributed by atoms with Gasteiger partial charge in [0, 0.05) is 24.0 Å². The molecule has 0 radical (unpaired) electrons. The fourth-order valence-corrected chi connectivity index (χ4v) is 4.86. The Morgan fingerprint density at radius 3 is 1.67 bits per heavy atom. The van der Waals surface area contributed by atoms with Crippen molar-refractivity contribution in [2.24, 2.45) is 0 Å². The molecule has 0 aliphatic carbocycles. The van der Waals surface area contributed by atoms with Crippen molar-refractivity contribution in [2.75, 3.05) is 18.8 Å². The van der Waals surface area contributed by atoms with Crippen LogP contribution in [0.5, 0.6) is 11.5 Å². The largest absolute Gasteiger partial charge is 0.516 e. The van der Waals surface area contributed by atoms with Crippen LogP contribution in [-0.2, 0) is 14.3 Å².